The lowest BCUT2D eigenvalue weighted by Crippen LogP contribution is -2.48. The van der Waals surface area contributed by atoms with E-state index in [2.05, 4.69) is 28.1 Å². The maximum atomic E-state index is 6.12. The second kappa shape index (κ2) is 6.25. The molecule has 1 aromatic heterocycles. The highest BCUT2D eigenvalue weighted by Gasteiger charge is 2.38. The molecule has 3 heterocycles. The lowest BCUT2D eigenvalue weighted by atomic mass is 9.85. The zero-order valence-electron chi connectivity index (χ0n) is 11.3. The predicted octanol–water partition coefficient (Wildman–Crippen LogP) is 2.62. The molecule has 0 bridgehead atoms. The van der Waals surface area contributed by atoms with Crippen molar-refractivity contribution in [3.8, 4) is 0 Å². The summed E-state index contributed by atoms with van der Waals surface area (Å²) in [5.41, 5.74) is 1.30. The lowest BCUT2D eigenvalue weighted by molar-refractivity contribution is -0.0933. The van der Waals surface area contributed by atoms with E-state index in [1.54, 1.807) is 0 Å². The molecule has 1 spiro atoms. The highest BCUT2D eigenvalue weighted by Crippen LogP contribution is 2.37. The van der Waals surface area contributed by atoms with Gasteiger partial charge < -0.3 is 10.1 Å². The van der Waals surface area contributed by atoms with Crippen molar-refractivity contribution < 1.29 is 4.74 Å². The van der Waals surface area contributed by atoms with E-state index in [1.807, 2.05) is 18.3 Å². The van der Waals surface area contributed by atoms with Crippen molar-refractivity contribution in [1.82, 2.24) is 10.3 Å². The molecule has 104 valence electrons. The normalized spacial score (nSPS) is 26.4. The molecule has 1 aromatic rings. The molecule has 0 aliphatic carbocycles. The fraction of sp³-hybridized carbons (Fsp3) is 0.667. The highest BCUT2D eigenvalue weighted by molar-refractivity contribution is 7.99. The molecule has 0 radical (unpaired) electrons. The second-order valence-corrected chi connectivity index (χ2v) is 6.76. The first-order valence-corrected chi connectivity index (χ1v) is 8.37. The van der Waals surface area contributed by atoms with Gasteiger partial charge in [0.05, 0.1) is 11.3 Å². The van der Waals surface area contributed by atoms with Crippen LogP contribution >= 0.6 is 11.8 Å². The zero-order chi connectivity index (χ0) is 13.0. The molecule has 0 saturated carbocycles. The molecule has 2 aliphatic rings. The third-order valence-corrected chi connectivity index (χ3v) is 5.18. The van der Waals surface area contributed by atoms with Crippen LogP contribution in [0.4, 0.5) is 0 Å². The van der Waals surface area contributed by atoms with Crippen LogP contribution in [0.3, 0.4) is 0 Å². The van der Waals surface area contributed by atoms with Crippen molar-refractivity contribution in [2.45, 2.75) is 43.9 Å². The van der Waals surface area contributed by atoms with Gasteiger partial charge in [0.25, 0.3) is 0 Å². The predicted molar refractivity (Wildman–Crippen MR) is 79.3 cm³/mol. The van der Waals surface area contributed by atoms with Gasteiger partial charge in [-0.3, -0.25) is 4.98 Å². The van der Waals surface area contributed by atoms with Crippen LogP contribution in [0.15, 0.2) is 24.4 Å². The second-order valence-electron chi connectivity index (χ2n) is 5.54. The van der Waals surface area contributed by atoms with Gasteiger partial charge in [0.15, 0.2) is 0 Å². The van der Waals surface area contributed by atoms with Crippen LogP contribution in [0.2, 0.25) is 0 Å². The molecule has 3 nitrogen and oxygen atoms in total. The summed E-state index contributed by atoms with van der Waals surface area (Å²) in [7, 11) is 0. The molecule has 2 fully saturated rings. The Morgan fingerprint density at radius 2 is 2.26 bits per heavy atom. The molecule has 19 heavy (non-hydrogen) atoms. The Morgan fingerprint density at radius 1 is 1.37 bits per heavy atom. The Hall–Kier alpha value is -0.580. The van der Waals surface area contributed by atoms with Gasteiger partial charge >= 0.3 is 0 Å². The molecular weight excluding hydrogens is 256 g/mol. The fourth-order valence-corrected chi connectivity index (χ4v) is 4.28. The number of nitrogens with one attached hydrogen (secondary N) is 1. The van der Waals surface area contributed by atoms with Crippen molar-refractivity contribution in [2.24, 2.45) is 0 Å². The Bertz CT molecular complexity index is 387. The first kappa shape index (κ1) is 13.4. The van der Waals surface area contributed by atoms with E-state index in [1.165, 1.54) is 30.8 Å². The van der Waals surface area contributed by atoms with Gasteiger partial charge in [-0.2, -0.15) is 11.8 Å². The molecule has 1 N–H and O–H groups in total. The number of ether oxygens (including phenoxy) is 1. The number of aromatic nitrogens is 1. The molecule has 1 atom stereocenters. The number of rotatable bonds is 3. The SMILES string of the molecule is c1ccc(CNC2CCOC3(CCSCC3)C2)nc1. The maximum Gasteiger partial charge on any atom is 0.0713 e. The molecular formula is C15H22N2OS. The smallest absolute Gasteiger partial charge is 0.0713 e. The first-order chi connectivity index (χ1) is 9.36. The van der Waals surface area contributed by atoms with Gasteiger partial charge in [-0.05, 0) is 49.3 Å². The quantitative estimate of drug-likeness (QED) is 0.921. The molecule has 0 amide bonds. The summed E-state index contributed by atoms with van der Waals surface area (Å²) >= 11 is 2.06. The van der Waals surface area contributed by atoms with Gasteiger partial charge in [0.2, 0.25) is 0 Å². The molecule has 2 saturated heterocycles. The van der Waals surface area contributed by atoms with E-state index >= 15 is 0 Å². The zero-order valence-corrected chi connectivity index (χ0v) is 12.1. The number of nitrogens with zero attached hydrogens (tertiary/aromatic N) is 1. The maximum absolute atomic E-state index is 6.12. The summed E-state index contributed by atoms with van der Waals surface area (Å²) in [6.45, 7) is 1.78. The summed E-state index contributed by atoms with van der Waals surface area (Å²) < 4.78 is 6.12. The van der Waals surface area contributed by atoms with Crippen molar-refractivity contribution >= 4 is 11.8 Å². The van der Waals surface area contributed by atoms with E-state index in [4.69, 9.17) is 4.74 Å². The fourth-order valence-electron chi connectivity index (χ4n) is 3.05. The Balaban J connectivity index is 1.53. The van der Waals surface area contributed by atoms with Gasteiger partial charge in [-0.1, -0.05) is 6.07 Å². The van der Waals surface area contributed by atoms with E-state index in [9.17, 15) is 0 Å². The average Bonchev–Trinajstić information content (AvgIpc) is 2.47. The van der Waals surface area contributed by atoms with Crippen molar-refractivity contribution in [3.63, 3.8) is 0 Å². The Kier molecular flexibility index (Phi) is 4.41. The third-order valence-electron chi connectivity index (χ3n) is 4.20. The van der Waals surface area contributed by atoms with Gasteiger partial charge in [0.1, 0.15) is 0 Å². The van der Waals surface area contributed by atoms with E-state index < -0.39 is 0 Å². The van der Waals surface area contributed by atoms with Crippen LogP contribution in [-0.2, 0) is 11.3 Å². The summed E-state index contributed by atoms with van der Waals surface area (Å²) in [5, 5.41) is 3.66. The van der Waals surface area contributed by atoms with E-state index in [0.29, 0.717) is 6.04 Å². The highest BCUT2D eigenvalue weighted by atomic mass is 32.2. The van der Waals surface area contributed by atoms with Crippen LogP contribution in [0.25, 0.3) is 0 Å². The van der Waals surface area contributed by atoms with Gasteiger partial charge in [-0.15, -0.1) is 0 Å². The van der Waals surface area contributed by atoms with Gasteiger partial charge in [-0.25, -0.2) is 0 Å². The van der Waals surface area contributed by atoms with Crippen molar-refractivity contribution in [3.05, 3.63) is 30.1 Å². The number of hydrogen-bond donors (Lipinski definition) is 1. The summed E-state index contributed by atoms with van der Waals surface area (Å²) in [6, 6.07) is 6.68. The summed E-state index contributed by atoms with van der Waals surface area (Å²) in [6.07, 6.45) is 6.60. The first-order valence-electron chi connectivity index (χ1n) is 7.21. The molecule has 0 aromatic carbocycles. The van der Waals surface area contributed by atoms with Crippen molar-refractivity contribution in [1.29, 1.82) is 0 Å². The minimum atomic E-state index is 0.172. The molecule has 4 heteroatoms. The molecule has 2 aliphatic heterocycles. The minimum absolute atomic E-state index is 0.172. The summed E-state index contributed by atoms with van der Waals surface area (Å²) in [5.74, 6) is 2.51. The van der Waals surface area contributed by atoms with Crippen LogP contribution < -0.4 is 5.32 Å². The molecule has 1 unspecified atom stereocenters. The Labute approximate surface area is 119 Å². The van der Waals surface area contributed by atoms with Crippen LogP contribution in [0, 0.1) is 0 Å². The Morgan fingerprint density at radius 3 is 3.05 bits per heavy atom. The topological polar surface area (TPSA) is 34.1 Å². The average molecular weight is 278 g/mol. The van der Waals surface area contributed by atoms with Crippen LogP contribution in [0.5, 0.6) is 0 Å². The number of thioether (sulfide) groups is 1. The largest absolute Gasteiger partial charge is 0.375 e. The lowest BCUT2D eigenvalue weighted by Gasteiger charge is -2.43. The van der Waals surface area contributed by atoms with E-state index in [0.717, 1.165) is 25.3 Å². The van der Waals surface area contributed by atoms with Crippen LogP contribution in [0.1, 0.15) is 31.4 Å². The third kappa shape index (κ3) is 3.50. The standard InChI is InChI=1S/C15H22N2OS/c1-2-7-16-14(3-1)12-17-13-4-8-18-15(11-13)5-9-19-10-6-15/h1-3,7,13,17H,4-6,8-12H2. The monoisotopic (exact) mass is 278 g/mol. The van der Waals surface area contributed by atoms with Crippen molar-refractivity contribution in [2.75, 3.05) is 18.1 Å². The number of hydrogen-bond acceptors (Lipinski definition) is 4. The summed E-state index contributed by atoms with van der Waals surface area (Å²) in [4.78, 5) is 4.37. The van der Waals surface area contributed by atoms with Gasteiger partial charge in [0, 0.05) is 25.4 Å². The molecule has 3 rings (SSSR count). The minimum Gasteiger partial charge on any atom is -0.375 e. The number of pyridine rings is 1. The van der Waals surface area contributed by atoms with E-state index in [-0.39, 0.29) is 5.60 Å². The van der Waals surface area contributed by atoms with Crippen LogP contribution in [-0.4, -0.2) is 34.7 Å².